The quantitative estimate of drug-likeness (QED) is 0.262. The van der Waals surface area contributed by atoms with Crippen LogP contribution in [0.3, 0.4) is 0 Å². The summed E-state index contributed by atoms with van der Waals surface area (Å²) in [6.07, 6.45) is 2.60. The smallest absolute Gasteiger partial charge is 0.188 e. The van der Waals surface area contributed by atoms with Gasteiger partial charge < -0.3 is 20.5 Å². The molecule has 1 aromatic heterocycles. The first-order chi connectivity index (χ1) is 11.8. The minimum atomic E-state index is 0. The predicted octanol–water partition coefficient (Wildman–Crippen LogP) is 2.37. The van der Waals surface area contributed by atoms with Crippen LogP contribution in [0, 0.1) is 0 Å². The fourth-order valence-electron chi connectivity index (χ4n) is 2.03. The highest BCUT2D eigenvalue weighted by atomic mass is 127. The molecular formula is C18H25IN4O2. The van der Waals surface area contributed by atoms with E-state index >= 15 is 0 Å². The lowest BCUT2D eigenvalue weighted by atomic mass is 10.2. The second kappa shape index (κ2) is 12.5. The first-order valence-electron chi connectivity index (χ1n) is 7.92. The van der Waals surface area contributed by atoms with Crippen LogP contribution in [0.25, 0.3) is 0 Å². The highest BCUT2D eigenvalue weighted by Gasteiger charge is 1.97. The monoisotopic (exact) mass is 456 g/mol. The van der Waals surface area contributed by atoms with Crippen LogP contribution in [0.2, 0.25) is 0 Å². The van der Waals surface area contributed by atoms with Crippen molar-refractivity contribution in [2.45, 2.75) is 13.0 Å². The molecule has 136 valence electrons. The lowest BCUT2D eigenvalue weighted by Crippen LogP contribution is -2.33. The predicted molar refractivity (Wildman–Crippen MR) is 110 cm³/mol. The first-order valence-corrected chi connectivity index (χ1v) is 7.92. The largest absolute Gasteiger partial charge is 0.491 e. The molecule has 0 bridgehead atoms. The number of aromatic nitrogens is 1. The summed E-state index contributed by atoms with van der Waals surface area (Å²) in [5.74, 6) is 1.26. The Hall–Kier alpha value is -1.87. The van der Waals surface area contributed by atoms with Gasteiger partial charge in [-0.05, 0) is 29.8 Å². The molecule has 7 heteroatoms. The Labute approximate surface area is 165 Å². The number of pyridine rings is 1. The van der Waals surface area contributed by atoms with Crippen molar-refractivity contribution in [2.75, 3.05) is 26.9 Å². The average molecular weight is 456 g/mol. The van der Waals surface area contributed by atoms with E-state index in [-0.39, 0.29) is 24.0 Å². The molecule has 0 aliphatic carbocycles. The number of ether oxygens (including phenoxy) is 2. The van der Waals surface area contributed by atoms with E-state index in [9.17, 15) is 0 Å². The Balaban J connectivity index is 0.00000312. The highest BCUT2D eigenvalue weighted by molar-refractivity contribution is 14.0. The summed E-state index contributed by atoms with van der Waals surface area (Å²) in [5, 5.41) is 3.10. The van der Waals surface area contributed by atoms with Crippen molar-refractivity contribution >= 4 is 29.9 Å². The third kappa shape index (κ3) is 8.69. The van der Waals surface area contributed by atoms with E-state index in [0.717, 1.165) is 23.4 Å². The van der Waals surface area contributed by atoms with Gasteiger partial charge in [0.1, 0.15) is 12.4 Å². The second-order valence-electron chi connectivity index (χ2n) is 5.18. The summed E-state index contributed by atoms with van der Waals surface area (Å²) in [7, 11) is 1.65. The zero-order chi connectivity index (χ0) is 17.0. The number of rotatable bonds is 9. The maximum absolute atomic E-state index is 5.88. The second-order valence-corrected chi connectivity index (χ2v) is 5.18. The van der Waals surface area contributed by atoms with Gasteiger partial charge in [-0.3, -0.25) is 4.98 Å². The number of benzene rings is 1. The number of guanidine groups is 1. The third-order valence-electron chi connectivity index (χ3n) is 3.32. The minimum Gasteiger partial charge on any atom is -0.491 e. The zero-order valence-corrected chi connectivity index (χ0v) is 16.7. The maximum Gasteiger partial charge on any atom is 0.188 e. The van der Waals surface area contributed by atoms with Crippen molar-refractivity contribution in [1.82, 2.24) is 10.3 Å². The number of methoxy groups -OCH3 is 1. The van der Waals surface area contributed by atoms with Crippen molar-refractivity contribution in [3.05, 3.63) is 59.9 Å². The summed E-state index contributed by atoms with van der Waals surface area (Å²) < 4.78 is 10.5. The van der Waals surface area contributed by atoms with Crippen LogP contribution < -0.4 is 15.8 Å². The molecule has 0 amide bonds. The Morgan fingerprint density at radius 2 is 1.96 bits per heavy atom. The normalized spacial score (nSPS) is 10.8. The lowest BCUT2D eigenvalue weighted by molar-refractivity contribution is 0.146. The molecule has 25 heavy (non-hydrogen) atoms. The number of halogens is 1. The molecule has 0 spiro atoms. The zero-order valence-electron chi connectivity index (χ0n) is 14.4. The molecule has 0 aliphatic rings. The highest BCUT2D eigenvalue weighted by Crippen LogP contribution is 2.12. The van der Waals surface area contributed by atoms with Crippen LogP contribution >= 0.6 is 24.0 Å². The molecule has 2 rings (SSSR count). The van der Waals surface area contributed by atoms with Crippen molar-refractivity contribution in [2.24, 2.45) is 10.7 Å². The molecule has 1 aromatic carbocycles. The molecule has 0 aliphatic heterocycles. The fraction of sp³-hybridized carbons (Fsp3) is 0.333. The Bertz CT molecular complexity index is 621. The summed E-state index contributed by atoms with van der Waals surface area (Å²) >= 11 is 0. The van der Waals surface area contributed by atoms with Gasteiger partial charge in [0.2, 0.25) is 0 Å². The van der Waals surface area contributed by atoms with Gasteiger partial charge in [-0.25, -0.2) is 4.99 Å². The van der Waals surface area contributed by atoms with Crippen LogP contribution in [0.15, 0.2) is 53.7 Å². The van der Waals surface area contributed by atoms with Crippen LogP contribution in [-0.4, -0.2) is 37.8 Å². The van der Waals surface area contributed by atoms with E-state index in [4.69, 9.17) is 15.2 Å². The van der Waals surface area contributed by atoms with Crippen molar-refractivity contribution in [1.29, 1.82) is 0 Å². The number of nitrogens with zero attached hydrogens (tertiary/aromatic N) is 2. The van der Waals surface area contributed by atoms with E-state index in [0.29, 0.717) is 32.3 Å². The summed E-state index contributed by atoms with van der Waals surface area (Å²) in [6, 6.07) is 13.7. The molecule has 0 saturated carbocycles. The van der Waals surface area contributed by atoms with Crippen LogP contribution in [0.5, 0.6) is 5.75 Å². The van der Waals surface area contributed by atoms with E-state index in [2.05, 4.69) is 15.3 Å². The molecule has 1 heterocycles. The number of aliphatic imine (C=N–C) groups is 1. The molecular weight excluding hydrogens is 431 g/mol. The van der Waals surface area contributed by atoms with Crippen LogP contribution in [-0.2, 0) is 17.7 Å². The molecule has 2 aromatic rings. The van der Waals surface area contributed by atoms with Gasteiger partial charge in [0.15, 0.2) is 5.96 Å². The maximum atomic E-state index is 5.88. The topological polar surface area (TPSA) is 81.8 Å². The van der Waals surface area contributed by atoms with Crippen molar-refractivity contribution in [3.8, 4) is 5.75 Å². The number of nitrogens with two attached hydrogens (primary N) is 1. The van der Waals surface area contributed by atoms with E-state index in [1.807, 2.05) is 42.5 Å². The number of hydrogen-bond donors (Lipinski definition) is 2. The van der Waals surface area contributed by atoms with E-state index in [1.54, 1.807) is 13.3 Å². The fourth-order valence-corrected chi connectivity index (χ4v) is 2.03. The van der Waals surface area contributed by atoms with Crippen molar-refractivity contribution in [3.63, 3.8) is 0 Å². The molecule has 0 radical (unpaired) electrons. The molecule has 6 nitrogen and oxygen atoms in total. The van der Waals surface area contributed by atoms with Gasteiger partial charge >= 0.3 is 0 Å². The third-order valence-corrected chi connectivity index (χ3v) is 3.32. The van der Waals surface area contributed by atoms with Crippen LogP contribution in [0.1, 0.15) is 11.3 Å². The summed E-state index contributed by atoms with van der Waals surface area (Å²) in [4.78, 5) is 8.60. The molecule has 0 fully saturated rings. The summed E-state index contributed by atoms with van der Waals surface area (Å²) in [6.45, 7) is 2.35. The van der Waals surface area contributed by atoms with E-state index < -0.39 is 0 Å². The molecule has 3 N–H and O–H groups in total. The Morgan fingerprint density at radius 3 is 2.64 bits per heavy atom. The van der Waals surface area contributed by atoms with Gasteiger partial charge in [-0.2, -0.15) is 0 Å². The first kappa shape index (κ1) is 21.2. The molecule has 0 atom stereocenters. The Morgan fingerprint density at radius 1 is 1.16 bits per heavy atom. The van der Waals surface area contributed by atoms with Crippen molar-refractivity contribution < 1.29 is 9.47 Å². The average Bonchev–Trinajstić information content (AvgIpc) is 2.62. The van der Waals surface area contributed by atoms with Gasteiger partial charge in [-0.15, -0.1) is 24.0 Å². The lowest BCUT2D eigenvalue weighted by Gasteiger charge is -2.07. The van der Waals surface area contributed by atoms with Gasteiger partial charge in [0.05, 0.1) is 13.2 Å². The minimum absolute atomic E-state index is 0. The van der Waals surface area contributed by atoms with E-state index in [1.165, 1.54) is 0 Å². The number of hydrogen-bond acceptors (Lipinski definition) is 4. The van der Waals surface area contributed by atoms with Crippen LogP contribution in [0.4, 0.5) is 0 Å². The molecule has 0 saturated heterocycles. The Kier molecular flexibility index (Phi) is 10.6. The molecule has 0 unspecified atom stereocenters. The van der Waals surface area contributed by atoms with Gasteiger partial charge in [0.25, 0.3) is 0 Å². The standard InChI is InChI=1S/C18H24N4O2.HI/c1-23-12-13-24-17-7-5-15(6-8-17)14-22-18(19)21-11-9-16-4-2-3-10-20-16;/h2-8,10H,9,11-14H2,1H3,(H3,19,21,22);1H. The number of nitrogens with one attached hydrogen (secondary N) is 1. The van der Waals surface area contributed by atoms with Gasteiger partial charge in [-0.1, -0.05) is 18.2 Å². The van der Waals surface area contributed by atoms with Gasteiger partial charge in [0, 0.05) is 32.0 Å². The SMILES string of the molecule is COCCOc1ccc(CN=C(N)NCCc2ccccn2)cc1.I. The summed E-state index contributed by atoms with van der Waals surface area (Å²) in [5.41, 5.74) is 7.98.